The van der Waals surface area contributed by atoms with Gasteiger partial charge in [0.2, 0.25) is 0 Å². The number of rotatable bonds is 0. The molecule has 1 nitrogen and oxygen atoms in total. The van der Waals surface area contributed by atoms with Gasteiger partial charge in [-0.2, -0.15) is 0 Å². The summed E-state index contributed by atoms with van der Waals surface area (Å²) in [7, 11) is 0. The summed E-state index contributed by atoms with van der Waals surface area (Å²) >= 11 is 2.42. The lowest BCUT2D eigenvalue weighted by Crippen LogP contribution is -2.03. The highest BCUT2D eigenvalue weighted by Crippen LogP contribution is 1.90. The molecule has 0 aromatic carbocycles. The Balaban J connectivity index is 0.000000162. The smallest absolute Gasteiger partial charge is 0.112 e. The van der Waals surface area contributed by atoms with Crippen LogP contribution in [0.15, 0.2) is 0 Å². The zero-order valence-corrected chi connectivity index (χ0v) is 6.06. The van der Waals surface area contributed by atoms with Crippen molar-refractivity contribution in [3.63, 3.8) is 0 Å². The molecule has 1 rings (SSSR count). The molecule has 0 bridgehead atoms. The number of nitrogens with one attached hydrogen (secondary N) is 1. The molecule has 1 aliphatic rings. The third-order valence-electron chi connectivity index (χ3n) is 0.957. The molecule has 7 heavy (non-hydrogen) atoms. The number of hydrogen-bond donors (Lipinski definition) is 1. The molecule has 2 heteroatoms. The van der Waals surface area contributed by atoms with E-state index in [1.165, 1.54) is 25.9 Å². The first-order chi connectivity index (χ1) is 3.50. The van der Waals surface area contributed by atoms with E-state index < -0.39 is 0 Å². The van der Waals surface area contributed by atoms with Crippen LogP contribution in [0.4, 0.5) is 0 Å². The second-order valence-corrected chi connectivity index (χ2v) is 1.46. The van der Waals surface area contributed by atoms with E-state index in [2.05, 4.69) is 21.6 Å². The first kappa shape index (κ1) is 7.49. The Morgan fingerprint density at radius 3 is 1.71 bits per heavy atom. The molecule has 1 aliphatic heterocycles. The molecule has 0 amide bonds. The van der Waals surface area contributed by atoms with Gasteiger partial charge in [-0.15, -0.1) is 5.79 Å². The monoisotopic (exact) mass is 113 g/mol. The summed E-state index contributed by atoms with van der Waals surface area (Å²) in [5.74, 6) is 1.92. The zero-order valence-electron chi connectivity index (χ0n) is 4.91. The fraction of sp³-hybridized carbons (Fsp3) is 1.00. The third kappa shape index (κ3) is 4.34. The van der Waals surface area contributed by atoms with Crippen molar-refractivity contribution in [1.29, 1.82) is 0 Å². The lowest BCUT2D eigenvalue weighted by molar-refractivity contribution is 0.857. The van der Waals surface area contributed by atoms with Crippen molar-refractivity contribution in [3.8, 4) is 0 Å². The summed E-state index contributed by atoms with van der Waals surface area (Å²) in [5.41, 5.74) is 0. The average Bonchev–Trinajstić information content (AvgIpc) is 2.23. The van der Waals surface area contributed by atoms with Crippen LogP contribution in [0.25, 0.3) is 0 Å². The van der Waals surface area contributed by atoms with Crippen molar-refractivity contribution < 1.29 is 0 Å². The lowest BCUT2D eigenvalue weighted by atomic mass is 10.4. The fourth-order valence-corrected chi connectivity index (χ4v) is 0.625. The molecule has 40 valence electrons. The molecule has 0 saturated carbocycles. The first-order valence-corrected chi connectivity index (χ1v) is 3.94. The van der Waals surface area contributed by atoms with Crippen molar-refractivity contribution in [2.24, 2.45) is 0 Å². The average molecular weight is 113 g/mol. The fourth-order valence-electron chi connectivity index (χ4n) is 0.625. The zero-order chi connectivity index (χ0) is 5.54. The minimum Gasteiger partial charge on any atom is -0.317 e. The highest BCUT2D eigenvalue weighted by Gasteiger charge is 1.93. The van der Waals surface area contributed by atoms with E-state index in [0.29, 0.717) is 0 Å². The molecular formula is C5H12AlN. The number of hydrogen-bond acceptors (Lipinski definition) is 1. The largest absolute Gasteiger partial charge is 0.317 e. The Labute approximate surface area is 53.9 Å². The van der Waals surface area contributed by atoms with Gasteiger partial charge in [-0.25, -0.2) is 0 Å². The van der Waals surface area contributed by atoms with Gasteiger partial charge in [0.05, 0.1) is 0 Å². The molecule has 1 fully saturated rings. The van der Waals surface area contributed by atoms with Crippen LogP contribution in [0.2, 0.25) is 5.79 Å². The predicted molar refractivity (Wildman–Crippen MR) is 33.7 cm³/mol. The molecule has 0 atom stereocenters. The summed E-state index contributed by atoms with van der Waals surface area (Å²) in [4.78, 5) is 0. The Hall–Kier alpha value is 0.492. The Morgan fingerprint density at radius 2 is 1.57 bits per heavy atom. The second-order valence-electron chi connectivity index (χ2n) is 1.46. The van der Waals surface area contributed by atoms with Gasteiger partial charge in [0, 0.05) is 0 Å². The van der Waals surface area contributed by atoms with Crippen molar-refractivity contribution in [1.82, 2.24) is 5.32 Å². The van der Waals surface area contributed by atoms with Gasteiger partial charge in [0.15, 0.2) is 0 Å². The Morgan fingerprint density at radius 1 is 1.14 bits per heavy atom. The summed E-state index contributed by atoms with van der Waals surface area (Å²) < 4.78 is 0. The van der Waals surface area contributed by atoms with Crippen LogP contribution in [0.5, 0.6) is 0 Å². The van der Waals surface area contributed by atoms with Crippen molar-refractivity contribution >= 4 is 16.3 Å². The predicted octanol–water partition coefficient (Wildman–Crippen LogP) is 0.573. The maximum atomic E-state index is 3.22. The van der Waals surface area contributed by atoms with Crippen LogP contribution in [0.3, 0.4) is 0 Å². The molecule has 0 aromatic heterocycles. The maximum Gasteiger partial charge on any atom is 0.112 e. The second kappa shape index (κ2) is 6.49. The molecule has 1 heterocycles. The van der Waals surface area contributed by atoms with Crippen LogP contribution < -0.4 is 5.32 Å². The minimum atomic E-state index is 1.25. The van der Waals surface area contributed by atoms with E-state index in [1.807, 2.05) is 5.79 Å². The molecule has 0 spiro atoms. The molecule has 2 radical (unpaired) electrons. The van der Waals surface area contributed by atoms with Crippen LogP contribution in [-0.2, 0) is 0 Å². The highest BCUT2D eigenvalue weighted by atomic mass is 27.0. The van der Waals surface area contributed by atoms with Crippen molar-refractivity contribution in [3.05, 3.63) is 0 Å². The van der Waals surface area contributed by atoms with E-state index >= 15 is 0 Å². The van der Waals surface area contributed by atoms with Gasteiger partial charge in [-0.05, 0) is 25.9 Å². The Bertz CT molecular complexity index is 19.7. The molecule has 0 aliphatic carbocycles. The van der Waals surface area contributed by atoms with Crippen LogP contribution in [0.1, 0.15) is 12.8 Å². The topological polar surface area (TPSA) is 12.0 Å². The normalized spacial score (nSPS) is 17.9. The minimum absolute atomic E-state index is 1.25. The van der Waals surface area contributed by atoms with Crippen molar-refractivity contribution in [2.75, 3.05) is 13.1 Å². The van der Waals surface area contributed by atoms with E-state index in [1.54, 1.807) is 0 Å². The molecule has 0 aromatic rings. The van der Waals surface area contributed by atoms with E-state index in [-0.39, 0.29) is 0 Å². The van der Waals surface area contributed by atoms with Gasteiger partial charge in [0.25, 0.3) is 0 Å². The van der Waals surface area contributed by atoms with Gasteiger partial charge >= 0.3 is 0 Å². The van der Waals surface area contributed by atoms with E-state index in [9.17, 15) is 0 Å². The lowest BCUT2D eigenvalue weighted by Gasteiger charge is -1.76. The highest BCUT2D eigenvalue weighted by molar-refractivity contribution is 6.05. The summed E-state index contributed by atoms with van der Waals surface area (Å²) in [6, 6.07) is 0. The van der Waals surface area contributed by atoms with Crippen LogP contribution in [0, 0.1) is 0 Å². The molecule has 0 unspecified atom stereocenters. The summed E-state index contributed by atoms with van der Waals surface area (Å²) in [5, 5.41) is 3.22. The van der Waals surface area contributed by atoms with Crippen molar-refractivity contribution in [2.45, 2.75) is 18.6 Å². The van der Waals surface area contributed by atoms with Gasteiger partial charge < -0.3 is 5.32 Å². The van der Waals surface area contributed by atoms with Crippen LogP contribution in [-0.4, -0.2) is 29.4 Å². The maximum absolute atomic E-state index is 3.22. The van der Waals surface area contributed by atoms with Crippen LogP contribution >= 0.6 is 0 Å². The third-order valence-corrected chi connectivity index (χ3v) is 0.957. The van der Waals surface area contributed by atoms with Gasteiger partial charge in [0.1, 0.15) is 16.3 Å². The van der Waals surface area contributed by atoms with E-state index in [4.69, 9.17) is 0 Å². The SMILES string of the molecule is C1CCNC1.[CH3][Al]. The summed E-state index contributed by atoms with van der Waals surface area (Å²) in [6.45, 7) is 2.50. The standard InChI is InChI=1S/C4H9N.CH3.Al/c1-2-4-5-3-1;;/h5H,1-4H2;1H3;. The Kier molecular flexibility index (Phi) is 6.95. The molecule has 1 saturated heterocycles. The summed E-state index contributed by atoms with van der Waals surface area (Å²) in [6.07, 6.45) is 2.78. The molecule has 1 N–H and O–H groups in total. The quantitative estimate of drug-likeness (QED) is 0.453. The van der Waals surface area contributed by atoms with E-state index in [0.717, 1.165) is 0 Å². The molecular weight excluding hydrogens is 101 g/mol. The van der Waals surface area contributed by atoms with Gasteiger partial charge in [-0.3, -0.25) is 0 Å². The first-order valence-electron chi connectivity index (χ1n) is 2.78. The van der Waals surface area contributed by atoms with Gasteiger partial charge in [-0.1, -0.05) is 0 Å².